The van der Waals surface area contributed by atoms with E-state index >= 15 is 0 Å². The fourth-order valence-electron chi connectivity index (χ4n) is 1.42. The molecule has 1 atom stereocenters. The molecule has 1 rings (SSSR count). The van der Waals surface area contributed by atoms with Gasteiger partial charge in [0.1, 0.15) is 5.82 Å². The van der Waals surface area contributed by atoms with Gasteiger partial charge in [0, 0.05) is 17.1 Å². The van der Waals surface area contributed by atoms with Crippen LogP contribution in [-0.4, -0.2) is 19.3 Å². The number of ether oxygens (including phenoxy) is 1. The van der Waals surface area contributed by atoms with E-state index in [4.69, 9.17) is 10.5 Å². The maximum atomic E-state index is 13.0. The van der Waals surface area contributed by atoms with Gasteiger partial charge in [0.2, 0.25) is 0 Å². The van der Waals surface area contributed by atoms with Gasteiger partial charge < -0.3 is 10.5 Å². The Balaban J connectivity index is 2.48. The molecule has 0 aliphatic heterocycles. The Morgan fingerprint density at radius 3 is 2.94 bits per heavy atom. The molecular weight excluding hydrogens is 273 g/mol. The quantitative estimate of drug-likeness (QED) is 0.818. The van der Waals surface area contributed by atoms with Crippen molar-refractivity contribution in [3.05, 3.63) is 34.1 Å². The van der Waals surface area contributed by atoms with Crippen LogP contribution in [0.15, 0.2) is 22.7 Å². The van der Waals surface area contributed by atoms with Crippen LogP contribution in [0.4, 0.5) is 4.39 Å². The van der Waals surface area contributed by atoms with Crippen LogP contribution in [0.3, 0.4) is 0 Å². The van der Waals surface area contributed by atoms with E-state index in [9.17, 15) is 4.39 Å². The van der Waals surface area contributed by atoms with Crippen LogP contribution in [0.1, 0.15) is 18.9 Å². The minimum atomic E-state index is -0.236. The van der Waals surface area contributed by atoms with Crippen LogP contribution in [0.25, 0.3) is 0 Å². The average molecular weight is 290 g/mol. The van der Waals surface area contributed by atoms with E-state index in [1.807, 2.05) is 0 Å². The zero-order valence-corrected chi connectivity index (χ0v) is 11.0. The topological polar surface area (TPSA) is 35.2 Å². The first-order valence-electron chi connectivity index (χ1n) is 5.40. The van der Waals surface area contributed by atoms with Gasteiger partial charge in [-0.2, -0.15) is 0 Å². The summed E-state index contributed by atoms with van der Waals surface area (Å²) >= 11 is 3.38. The Kier molecular flexibility index (Phi) is 5.95. The van der Waals surface area contributed by atoms with E-state index in [2.05, 4.69) is 22.9 Å². The van der Waals surface area contributed by atoms with Gasteiger partial charge in [0.25, 0.3) is 0 Å². The third kappa shape index (κ3) is 4.60. The van der Waals surface area contributed by atoms with Gasteiger partial charge >= 0.3 is 0 Å². The number of nitrogens with two attached hydrogens (primary N) is 1. The molecule has 0 heterocycles. The number of hydrogen-bond acceptors (Lipinski definition) is 2. The zero-order chi connectivity index (χ0) is 12.0. The lowest BCUT2D eigenvalue weighted by molar-refractivity contribution is 0.121. The second kappa shape index (κ2) is 6.99. The molecule has 0 aliphatic rings. The summed E-state index contributed by atoms with van der Waals surface area (Å²) in [5, 5.41) is 0. The first-order chi connectivity index (χ1) is 7.63. The molecule has 1 aromatic carbocycles. The Bertz CT molecular complexity index is 333. The maximum absolute atomic E-state index is 13.0. The van der Waals surface area contributed by atoms with Gasteiger partial charge in [-0.25, -0.2) is 4.39 Å². The normalized spacial score (nSPS) is 12.8. The molecule has 0 saturated heterocycles. The minimum absolute atomic E-state index is 0.0929. The Morgan fingerprint density at radius 1 is 1.50 bits per heavy atom. The van der Waals surface area contributed by atoms with Gasteiger partial charge in [-0.3, -0.25) is 0 Å². The molecular formula is C12H17BrFNO. The summed E-state index contributed by atoms with van der Waals surface area (Å²) in [4.78, 5) is 0. The standard InChI is InChI=1S/C12H17BrFNO/c1-2-5-16-8-11(15)7-9-6-10(14)3-4-12(9)13/h3-4,6,11H,2,5,7-8,15H2,1H3. The second-order valence-corrected chi connectivity index (χ2v) is 4.63. The molecule has 2 nitrogen and oxygen atoms in total. The van der Waals surface area contributed by atoms with E-state index in [1.54, 1.807) is 6.07 Å². The van der Waals surface area contributed by atoms with Gasteiger partial charge in [-0.15, -0.1) is 0 Å². The summed E-state index contributed by atoms with van der Waals surface area (Å²) in [6.45, 7) is 3.28. The lowest BCUT2D eigenvalue weighted by Crippen LogP contribution is -2.29. The van der Waals surface area contributed by atoms with Gasteiger partial charge in [0.05, 0.1) is 6.61 Å². The molecule has 4 heteroatoms. The first kappa shape index (κ1) is 13.6. The van der Waals surface area contributed by atoms with Gasteiger partial charge in [-0.1, -0.05) is 22.9 Å². The van der Waals surface area contributed by atoms with Crippen LogP contribution in [-0.2, 0) is 11.2 Å². The van der Waals surface area contributed by atoms with Crippen molar-refractivity contribution >= 4 is 15.9 Å². The van der Waals surface area contributed by atoms with Crippen LogP contribution in [0.5, 0.6) is 0 Å². The SMILES string of the molecule is CCCOCC(N)Cc1cc(F)ccc1Br. The number of hydrogen-bond donors (Lipinski definition) is 1. The molecule has 0 saturated carbocycles. The van der Waals surface area contributed by atoms with Gasteiger partial charge in [-0.05, 0) is 36.6 Å². The number of rotatable bonds is 6. The largest absolute Gasteiger partial charge is 0.380 e. The Morgan fingerprint density at radius 2 is 2.25 bits per heavy atom. The molecule has 1 aromatic rings. The lowest BCUT2D eigenvalue weighted by Gasteiger charge is -2.13. The van der Waals surface area contributed by atoms with Crippen molar-refractivity contribution in [3.8, 4) is 0 Å². The van der Waals surface area contributed by atoms with Crippen LogP contribution in [0.2, 0.25) is 0 Å². The summed E-state index contributed by atoms with van der Waals surface area (Å²) in [5.41, 5.74) is 6.78. The summed E-state index contributed by atoms with van der Waals surface area (Å²) in [5.74, 6) is -0.236. The maximum Gasteiger partial charge on any atom is 0.123 e. The molecule has 0 radical (unpaired) electrons. The van der Waals surface area contributed by atoms with Crippen LogP contribution in [0, 0.1) is 5.82 Å². The van der Waals surface area contributed by atoms with Crippen molar-refractivity contribution in [3.63, 3.8) is 0 Å². The van der Waals surface area contributed by atoms with Crippen molar-refractivity contribution in [2.75, 3.05) is 13.2 Å². The smallest absolute Gasteiger partial charge is 0.123 e. The summed E-state index contributed by atoms with van der Waals surface area (Å²) in [6, 6.07) is 4.53. The zero-order valence-electron chi connectivity index (χ0n) is 9.38. The third-order valence-electron chi connectivity index (χ3n) is 2.17. The highest BCUT2D eigenvalue weighted by atomic mass is 79.9. The molecule has 90 valence electrons. The molecule has 0 aromatic heterocycles. The summed E-state index contributed by atoms with van der Waals surface area (Å²) in [6.07, 6.45) is 1.60. The second-order valence-electron chi connectivity index (χ2n) is 3.77. The van der Waals surface area contributed by atoms with E-state index in [-0.39, 0.29) is 11.9 Å². The number of benzene rings is 1. The predicted molar refractivity (Wildman–Crippen MR) is 66.9 cm³/mol. The Hall–Kier alpha value is -0.450. The first-order valence-corrected chi connectivity index (χ1v) is 6.20. The molecule has 1 unspecified atom stereocenters. The van der Waals surface area contributed by atoms with E-state index in [1.165, 1.54) is 12.1 Å². The van der Waals surface area contributed by atoms with E-state index in [0.29, 0.717) is 13.0 Å². The molecule has 0 bridgehead atoms. The van der Waals surface area contributed by atoms with Crippen LogP contribution < -0.4 is 5.73 Å². The van der Waals surface area contributed by atoms with Gasteiger partial charge in [0.15, 0.2) is 0 Å². The predicted octanol–water partition coefficient (Wildman–Crippen LogP) is 2.88. The summed E-state index contributed by atoms with van der Waals surface area (Å²) in [7, 11) is 0. The fraction of sp³-hybridized carbons (Fsp3) is 0.500. The molecule has 0 fully saturated rings. The fourth-order valence-corrected chi connectivity index (χ4v) is 1.83. The highest BCUT2D eigenvalue weighted by molar-refractivity contribution is 9.10. The number of halogens is 2. The monoisotopic (exact) mass is 289 g/mol. The highest BCUT2D eigenvalue weighted by Crippen LogP contribution is 2.19. The van der Waals surface area contributed by atoms with Crippen molar-refractivity contribution in [2.24, 2.45) is 5.73 Å². The molecule has 0 aliphatic carbocycles. The lowest BCUT2D eigenvalue weighted by atomic mass is 10.1. The van der Waals surface area contributed by atoms with E-state index < -0.39 is 0 Å². The average Bonchev–Trinajstić information content (AvgIpc) is 2.24. The summed E-state index contributed by atoms with van der Waals surface area (Å²) < 4.78 is 19.3. The highest BCUT2D eigenvalue weighted by Gasteiger charge is 2.08. The Labute approximate surface area is 104 Å². The van der Waals surface area contributed by atoms with Crippen molar-refractivity contribution < 1.29 is 9.13 Å². The molecule has 16 heavy (non-hydrogen) atoms. The van der Waals surface area contributed by atoms with E-state index in [0.717, 1.165) is 23.1 Å². The van der Waals surface area contributed by atoms with Crippen molar-refractivity contribution in [2.45, 2.75) is 25.8 Å². The van der Waals surface area contributed by atoms with Crippen molar-refractivity contribution in [1.82, 2.24) is 0 Å². The van der Waals surface area contributed by atoms with Crippen molar-refractivity contribution in [1.29, 1.82) is 0 Å². The molecule has 0 spiro atoms. The molecule has 2 N–H and O–H groups in total. The third-order valence-corrected chi connectivity index (χ3v) is 2.94. The molecule has 0 amide bonds. The minimum Gasteiger partial charge on any atom is -0.380 e. The van der Waals surface area contributed by atoms with Crippen LogP contribution >= 0.6 is 15.9 Å².